The van der Waals surface area contributed by atoms with Crippen molar-refractivity contribution in [3.8, 4) is 0 Å². The number of amides is 1. The van der Waals surface area contributed by atoms with Crippen LogP contribution in [0.25, 0.3) is 0 Å². The van der Waals surface area contributed by atoms with Crippen LogP contribution < -0.4 is 11.5 Å². The van der Waals surface area contributed by atoms with Gasteiger partial charge in [0.15, 0.2) is 5.13 Å². The van der Waals surface area contributed by atoms with Gasteiger partial charge in [-0.05, 0) is 0 Å². The molecule has 0 aliphatic heterocycles. The van der Waals surface area contributed by atoms with Crippen molar-refractivity contribution in [2.45, 2.75) is 0 Å². The van der Waals surface area contributed by atoms with Gasteiger partial charge in [-0.1, -0.05) is 5.16 Å². The smallest absolute Gasteiger partial charge is 0.274 e. The Morgan fingerprint density at radius 3 is 2.86 bits per heavy atom. The van der Waals surface area contributed by atoms with Crippen LogP contribution in [0.3, 0.4) is 0 Å². The van der Waals surface area contributed by atoms with Crippen LogP contribution in [0.5, 0.6) is 0 Å². The van der Waals surface area contributed by atoms with Gasteiger partial charge in [0.05, 0.1) is 0 Å². The molecule has 0 radical (unpaired) electrons. The molecule has 0 saturated carbocycles. The van der Waals surface area contributed by atoms with Crippen LogP contribution in [0.2, 0.25) is 0 Å². The van der Waals surface area contributed by atoms with Gasteiger partial charge in [-0.25, -0.2) is 4.39 Å². The molecule has 0 bridgehead atoms. The van der Waals surface area contributed by atoms with Crippen LogP contribution in [0.4, 0.5) is 9.52 Å². The van der Waals surface area contributed by atoms with Crippen molar-refractivity contribution in [2.24, 2.45) is 10.9 Å². The van der Waals surface area contributed by atoms with Crippen molar-refractivity contribution in [3.05, 3.63) is 5.82 Å². The number of carbonyl (C=O) groups is 1. The number of carbonyl (C=O) groups excluding carboxylic acids is 1. The average Bonchev–Trinajstić information content (AvgIpc) is 2.52. The van der Waals surface area contributed by atoms with Gasteiger partial charge >= 0.3 is 0 Å². The van der Waals surface area contributed by atoms with Crippen molar-refractivity contribution in [1.29, 1.82) is 0 Å². The van der Waals surface area contributed by atoms with Crippen LogP contribution >= 0.6 is 11.5 Å². The summed E-state index contributed by atoms with van der Waals surface area (Å²) in [6.07, 6.45) is 0. The van der Waals surface area contributed by atoms with Crippen molar-refractivity contribution < 1.29 is 14.0 Å². The van der Waals surface area contributed by atoms with E-state index in [9.17, 15) is 9.18 Å². The number of rotatable bonds is 4. The molecule has 14 heavy (non-hydrogen) atoms. The van der Waals surface area contributed by atoms with E-state index in [1.54, 1.807) is 0 Å². The summed E-state index contributed by atoms with van der Waals surface area (Å²) in [6.45, 7) is -1.17. The summed E-state index contributed by atoms with van der Waals surface area (Å²) in [7, 11) is 0. The molecule has 4 N–H and O–H groups in total. The molecular weight excluding hydrogens is 213 g/mol. The van der Waals surface area contributed by atoms with Crippen molar-refractivity contribution in [3.63, 3.8) is 0 Å². The topological polar surface area (TPSA) is 116 Å². The van der Waals surface area contributed by atoms with Crippen LogP contribution in [-0.2, 0) is 9.63 Å². The zero-order chi connectivity index (χ0) is 10.6. The molecule has 0 fully saturated rings. The maximum Gasteiger partial charge on any atom is 0.274 e. The Kier molecular flexibility index (Phi) is 3.29. The van der Waals surface area contributed by atoms with Crippen molar-refractivity contribution in [2.75, 3.05) is 12.6 Å². The van der Waals surface area contributed by atoms with E-state index < -0.39 is 12.8 Å². The number of nitrogen functional groups attached to an aromatic ring is 1. The first kappa shape index (κ1) is 10.3. The second-order valence-electron chi connectivity index (χ2n) is 2.00. The Bertz CT molecular complexity index is 365. The fourth-order valence-corrected chi connectivity index (χ4v) is 1.05. The number of nitrogens with two attached hydrogens (primary N) is 2. The van der Waals surface area contributed by atoms with E-state index in [2.05, 4.69) is 19.4 Å². The predicted octanol–water partition coefficient (Wildman–Crippen LogP) is -0.747. The van der Waals surface area contributed by atoms with Crippen LogP contribution in [0.15, 0.2) is 5.16 Å². The first-order valence-corrected chi connectivity index (χ1v) is 4.07. The van der Waals surface area contributed by atoms with Gasteiger partial charge in [-0.2, -0.15) is 9.36 Å². The maximum atomic E-state index is 11.6. The third kappa shape index (κ3) is 2.36. The Labute approximate surface area is 81.7 Å². The van der Waals surface area contributed by atoms with E-state index in [-0.39, 0.29) is 16.7 Å². The Hall–Kier alpha value is -1.77. The van der Waals surface area contributed by atoms with Gasteiger partial charge < -0.3 is 16.3 Å². The third-order valence-electron chi connectivity index (χ3n) is 1.09. The van der Waals surface area contributed by atoms with E-state index in [1.165, 1.54) is 0 Å². The van der Waals surface area contributed by atoms with Crippen molar-refractivity contribution >= 4 is 28.3 Å². The first-order valence-electron chi connectivity index (χ1n) is 3.30. The van der Waals surface area contributed by atoms with E-state index in [4.69, 9.17) is 11.5 Å². The molecule has 1 aromatic rings. The highest BCUT2D eigenvalue weighted by molar-refractivity contribution is 7.09. The number of hydrogen-bond acceptors (Lipinski definition) is 7. The molecule has 0 atom stereocenters. The lowest BCUT2D eigenvalue weighted by molar-refractivity contribution is -0.112. The SMILES string of the molecule is NC(=O)/C(=N/OCF)c1nsc(N)n1. The number of nitrogens with zero attached hydrogens (tertiary/aromatic N) is 3. The fraction of sp³-hybridized carbons (Fsp3) is 0.200. The van der Waals surface area contributed by atoms with Gasteiger partial charge in [0.2, 0.25) is 11.5 Å². The normalized spacial score (nSPS) is 11.4. The number of aromatic nitrogens is 2. The molecule has 0 aliphatic carbocycles. The van der Waals surface area contributed by atoms with E-state index in [0.29, 0.717) is 0 Å². The van der Waals surface area contributed by atoms with Gasteiger partial charge in [0, 0.05) is 11.5 Å². The van der Waals surface area contributed by atoms with Crippen molar-refractivity contribution in [1.82, 2.24) is 9.36 Å². The molecule has 0 aromatic carbocycles. The molecule has 1 heterocycles. The summed E-state index contributed by atoms with van der Waals surface area (Å²) >= 11 is 0.862. The molecular formula is C5H6FN5O2S. The molecule has 0 saturated heterocycles. The number of alkyl halides is 1. The molecule has 7 nitrogen and oxygen atoms in total. The molecule has 1 amide bonds. The number of anilines is 1. The minimum absolute atomic E-state index is 0.0755. The molecule has 0 unspecified atom stereocenters. The van der Waals surface area contributed by atoms with Crippen LogP contribution in [-0.4, -0.2) is 27.8 Å². The van der Waals surface area contributed by atoms with Gasteiger partial charge in [0.1, 0.15) is 0 Å². The summed E-state index contributed by atoms with van der Waals surface area (Å²) in [4.78, 5) is 18.4. The lowest BCUT2D eigenvalue weighted by Crippen LogP contribution is -2.25. The van der Waals surface area contributed by atoms with Gasteiger partial charge in [-0.3, -0.25) is 4.79 Å². The summed E-state index contributed by atoms with van der Waals surface area (Å²) in [6, 6.07) is 0. The Morgan fingerprint density at radius 1 is 1.71 bits per heavy atom. The lowest BCUT2D eigenvalue weighted by Gasteiger charge is -1.95. The summed E-state index contributed by atoms with van der Waals surface area (Å²) in [5, 5.41) is 3.27. The molecule has 0 spiro atoms. The molecule has 1 rings (SSSR count). The molecule has 1 aromatic heterocycles. The van der Waals surface area contributed by atoms with Crippen LogP contribution in [0, 0.1) is 0 Å². The second-order valence-corrected chi connectivity index (χ2v) is 2.78. The standard InChI is InChI=1S/C5H6FN5O2S/c6-1-13-10-2(3(7)12)4-9-5(8)14-11-4/h1H2,(H2,7,12)(H2,8,9,11)/b10-2-. The zero-order valence-corrected chi connectivity index (χ0v) is 7.62. The molecule has 9 heteroatoms. The largest absolute Gasteiger partial charge is 0.374 e. The second kappa shape index (κ2) is 4.46. The Balaban J connectivity index is 2.94. The highest BCUT2D eigenvalue weighted by atomic mass is 32.1. The van der Waals surface area contributed by atoms with Gasteiger partial charge in [0.25, 0.3) is 12.8 Å². The minimum Gasteiger partial charge on any atom is -0.374 e. The van der Waals surface area contributed by atoms with E-state index in [0.717, 1.165) is 11.5 Å². The quantitative estimate of drug-likeness (QED) is 0.510. The summed E-state index contributed by atoms with van der Waals surface area (Å²) in [5.41, 5.74) is 9.83. The molecule has 76 valence electrons. The molecule has 0 aliphatic rings. The monoisotopic (exact) mass is 219 g/mol. The fourth-order valence-electron chi connectivity index (χ4n) is 0.616. The Morgan fingerprint density at radius 2 is 2.43 bits per heavy atom. The first-order chi connectivity index (χ1) is 6.65. The summed E-state index contributed by atoms with van der Waals surface area (Å²) < 4.78 is 15.3. The minimum atomic E-state index is -1.17. The number of primary amides is 1. The average molecular weight is 219 g/mol. The highest BCUT2D eigenvalue weighted by Crippen LogP contribution is 2.06. The van der Waals surface area contributed by atoms with E-state index >= 15 is 0 Å². The summed E-state index contributed by atoms with van der Waals surface area (Å²) in [5.74, 6) is -0.996. The number of oxime groups is 1. The highest BCUT2D eigenvalue weighted by Gasteiger charge is 2.16. The van der Waals surface area contributed by atoms with Crippen LogP contribution in [0.1, 0.15) is 5.82 Å². The van der Waals surface area contributed by atoms with E-state index in [1.807, 2.05) is 0 Å². The third-order valence-corrected chi connectivity index (χ3v) is 1.63. The zero-order valence-electron chi connectivity index (χ0n) is 6.81. The predicted molar refractivity (Wildman–Crippen MR) is 47.1 cm³/mol. The maximum absolute atomic E-state index is 11.6. The van der Waals surface area contributed by atoms with Gasteiger partial charge in [-0.15, -0.1) is 0 Å². The number of hydrogen-bond donors (Lipinski definition) is 2. The number of halogens is 1. The lowest BCUT2D eigenvalue weighted by atomic mass is 10.3.